The van der Waals surface area contributed by atoms with Crippen LogP contribution in [-0.2, 0) is 12.8 Å². The highest BCUT2D eigenvalue weighted by molar-refractivity contribution is 7.17. The Labute approximate surface area is 218 Å². The fourth-order valence-corrected chi connectivity index (χ4v) is 4.97. The lowest BCUT2D eigenvalue weighted by Gasteiger charge is -2.09. The van der Waals surface area contributed by atoms with Gasteiger partial charge in [0.25, 0.3) is 0 Å². The number of alkyl halides is 3. The summed E-state index contributed by atoms with van der Waals surface area (Å²) in [6.07, 6.45) is -0.714. The van der Waals surface area contributed by atoms with Gasteiger partial charge in [0.15, 0.2) is 0 Å². The molecule has 0 saturated heterocycles. The molecule has 5 rings (SSSR count). The second kappa shape index (κ2) is 10.1. The van der Waals surface area contributed by atoms with E-state index in [1.54, 1.807) is 22.8 Å². The molecule has 0 spiro atoms. The van der Waals surface area contributed by atoms with E-state index in [2.05, 4.69) is 15.1 Å². The van der Waals surface area contributed by atoms with Crippen molar-refractivity contribution in [2.45, 2.75) is 19.7 Å². The summed E-state index contributed by atoms with van der Waals surface area (Å²) in [7, 11) is 0. The molecule has 4 aromatic heterocycles. The van der Waals surface area contributed by atoms with Crippen molar-refractivity contribution in [3.8, 4) is 27.6 Å². The summed E-state index contributed by atoms with van der Waals surface area (Å²) in [5, 5.41) is 12.6. The number of aryl methyl sites for hydroxylation is 1. The van der Waals surface area contributed by atoms with Gasteiger partial charge in [-0.1, -0.05) is 36.4 Å². The Bertz CT molecular complexity index is 1640. The van der Waals surface area contributed by atoms with E-state index in [1.807, 2.05) is 37.3 Å². The molecule has 3 N–H and O–H groups in total. The number of pyridine rings is 2. The smallest absolute Gasteiger partial charge is 0.433 e. The number of thiazole rings is 1. The van der Waals surface area contributed by atoms with E-state index in [-0.39, 0.29) is 12.4 Å². The first-order chi connectivity index (χ1) is 18.2. The van der Waals surface area contributed by atoms with Crippen LogP contribution < -0.4 is 10.5 Å². The number of benzene rings is 1. The number of nitrogens with one attached hydrogen (secondary N) is 1. The van der Waals surface area contributed by atoms with Crippen LogP contribution in [0.25, 0.3) is 27.3 Å². The number of ether oxygens (including phenoxy) is 1. The molecule has 12 heteroatoms. The number of hydrogen-bond acceptors (Lipinski definition) is 6. The van der Waals surface area contributed by atoms with Gasteiger partial charge in [-0.25, -0.2) is 14.5 Å². The number of nitrogens with two attached hydrogens (primary N) is 1. The number of rotatable bonds is 7. The molecule has 0 bridgehead atoms. The van der Waals surface area contributed by atoms with Crippen LogP contribution in [0.3, 0.4) is 0 Å². The van der Waals surface area contributed by atoms with E-state index in [1.165, 1.54) is 17.4 Å². The van der Waals surface area contributed by atoms with Crippen molar-refractivity contribution >= 4 is 29.0 Å². The monoisotopic (exact) mass is 535 g/mol. The van der Waals surface area contributed by atoms with Crippen LogP contribution in [0.15, 0.2) is 72.0 Å². The molecular formula is C26H20F3N7OS. The third kappa shape index (κ3) is 4.98. The molecule has 192 valence electrons. The number of halogens is 3. The van der Waals surface area contributed by atoms with E-state index in [0.717, 1.165) is 40.9 Å². The molecule has 1 aromatic carbocycles. The fraction of sp³-hybridized carbons (Fsp3) is 0.115. The minimum atomic E-state index is -4.49. The van der Waals surface area contributed by atoms with Crippen molar-refractivity contribution in [1.29, 1.82) is 5.41 Å². The molecule has 4 heterocycles. The summed E-state index contributed by atoms with van der Waals surface area (Å²) >= 11 is 1.34. The molecule has 0 fully saturated rings. The van der Waals surface area contributed by atoms with Crippen LogP contribution in [0.5, 0.6) is 5.75 Å². The standard InChI is InChI=1S/C26H20F3N7OS/c1-15-21(25-34-22(17-5-3-2-4-6-17)23(38-25)24(31)33-14-30)19-11-18(9-10-36(19)35-15)37-13-16-7-8-20(32-12-16)26(27,28)29/h2-12,14H,13H2,1H3,(H3,30,31,33). The first-order valence-electron chi connectivity index (χ1n) is 11.3. The van der Waals surface area contributed by atoms with Gasteiger partial charge in [0.2, 0.25) is 0 Å². The lowest BCUT2D eigenvalue weighted by atomic mass is 10.1. The van der Waals surface area contributed by atoms with E-state index in [9.17, 15) is 13.2 Å². The zero-order valence-corrected chi connectivity index (χ0v) is 20.7. The highest BCUT2D eigenvalue weighted by Gasteiger charge is 2.32. The predicted octanol–water partition coefficient (Wildman–Crippen LogP) is 5.74. The maximum Gasteiger partial charge on any atom is 0.433 e. The van der Waals surface area contributed by atoms with Gasteiger partial charge >= 0.3 is 6.18 Å². The second-order valence-electron chi connectivity index (χ2n) is 8.20. The fourth-order valence-electron chi connectivity index (χ4n) is 3.86. The third-order valence-electron chi connectivity index (χ3n) is 5.63. The lowest BCUT2D eigenvalue weighted by molar-refractivity contribution is -0.141. The van der Waals surface area contributed by atoms with Crippen LogP contribution in [0, 0.1) is 12.3 Å². The number of fused-ring (bicyclic) bond motifs is 1. The van der Waals surface area contributed by atoms with Crippen molar-refractivity contribution in [1.82, 2.24) is 19.6 Å². The summed E-state index contributed by atoms with van der Waals surface area (Å²) in [6.45, 7) is 1.91. The average molecular weight is 536 g/mol. The summed E-state index contributed by atoms with van der Waals surface area (Å²) in [6, 6.07) is 15.3. The number of hydrogen-bond donors (Lipinski definition) is 2. The molecule has 0 aliphatic carbocycles. The molecule has 0 aliphatic rings. The summed E-state index contributed by atoms with van der Waals surface area (Å²) in [5.74, 6) is 0.689. The second-order valence-corrected chi connectivity index (χ2v) is 9.20. The molecule has 0 unspecified atom stereocenters. The Morgan fingerprint density at radius 1 is 1.18 bits per heavy atom. The normalized spacial score (nSPS) is 12.2. The lowest BCUT2D eigenvalue weighted by Crippen LogP contribution is -2.12. The van der Waals surface area contributed by atoms with Crippen LogP contribution in [0.2, 0.25) is 0 Å². The third-order valence-corrected chi connectivity index (χ3v) is 6.72. The largest absolute Gasteiger partial charge is 0.489 e. The summed E-state index contributed by atoms with van der Waals surface area (Å²) in [4.78, 5) is 12.9. The molecule has 5 aromatic rings. The molecule has 8 nitrogen and oxygen atoms in total. The van der Waals surface area contributed by atoms with E-state index in [4.69, 9.17) is 20.9 Å². The van der Waals surface area contributed by atoms with Crippen LogP contribution in [0.4, 0.5) is 13.2 Å². The topological polar surface area (TPSA) is 115 Å². The number of amidine groups is 1. The SMILES string of the molecule is Cc1nn2ccc(OCc3ccc(C(F)(F)F)nc3)cc2c1-c1nc(-c2ccccc2)c(C(N)=NC=N)s1. The molecule has 0 atom stereocenters. The highest BCUT2D eigenvalue weighted by atomic mass is 32.1. The van der Waals surface area contributed by atoms with Crippen LogP contribution >= 0.6 is 11.3 Å². The Hall–Kier alpha value is -4.58. The molecule has 0 amide bonds. The Morgan fingerprint density at radius 2 is 1.97 bits per heavy atom. The molecule has 38 heavy (non-hydrogen) atoms. The van der Waals surface area contributed by atoms with Gasteiger partial charge in [-0.15, -0.1) is 11.3 Å². The van der Waals surface area contributed by atoms with E-state index < -0.39 is 11.9 Å². The van der Waals surface area contributed by atoms with Gasteiger partial charge in [0, 0.05) is 29.6 Å². The summed E-state index contributed by atoms with van der Waals surface area (Å²) < 4.78 is 45.9. The Kier molecular flexibility index (Phi) is 6.64. The highest BCUT2D eigenvalue weighted by Crippen LogP contribution is 2.38. The first kappa shape index (κ1) is 25.1. The van der Waals surface area contributed by atoms with Crippen molar-refractivity contribution in [2.75, 3.05) is 0 Å². The quantitative estimate of drug-likeness (QED) is 0.204. The van der Waals surface area contributed by atoms with Gasteiger partial charge in [-0.05, 0) is 19.1 Å². The Balaban J connectivity index is 1.50. The van der Waals surface area contributed by atoms with Crippen molar-refractivity contribution in [3.05, 3.63) is 88.8 Å². The Morgan fingerprint density at radius 3 is 2.66 bits per heavy atom. The van der Waals surface area contributed by atoms with Gasteiger partial charge in [0.05, 0.1) is 27.3 Å². The van der Waals surface area contributed by atoms with Gasteiger partial charge in [-0.3, -0.25) is 10.4 Å². The van der Waals surface area contributed by atoms with Gasteiger partial charge in [0.1, 0.15) is 35.2 Å². The van der Waals surface area contributed by atoms with E-state index in [0.29, 0.717) is 26.9 Å². The molecule has 0 saturated carbocycles. The van der Waals surface area contributed by atoms with Crippen molar-refractivity contribution < 1.29 is 17.9 Å². The number of aliphatic imine (C=N–C) groups is 1. The van der Waals surface area contributed by atoms with Crippen molar-refractivity contribution in [2.24, 2.45) is 10.7 Å². The molecular weight excluding hydrogens is 515 g/mol. The van der Waals surface area contributed by atoms with Crippen LogP contribution in [0.1, 0.15) is 21.8 Å². The predicted molar refractivity (Wildman–Crippen MR) is 140 cm³/mol. The zero-order chi connectivity index (χ0) is 26.9. The van der Waals surface area contributed by atoms with Gasteiger partial charge < -0.3 is 10.5 Å². The van der Waals surface area contributed by atoms with E-state index >= 15 is 0 Å². The molecule has 0 radical (unpaired) electrons. The van der Waals surface area contributed by atoms with Gasteiger partial charge in [-0.2, -0.15) is 18.3 Å². The maximum absolute atomic E-state index is 12.8. The zero-order valence-electron chi connectivity index (χ0n) is 19.9. The summed E-state index contributed by atoms with van der Waals surface area (Å²) in [5.41, 5.74) is 9.47. The maximum atomic E-state index is 12.8. The van der Waals surface area contributed by atoms with Crippen molar-refractivity contribution in [3.63, 3.8) is 0 Å². The minimum absolute atomic E-state index is 0.0416. The first-order valence-corrected chi connectivity index (χ1v) is 12.1. The average Bonchev–Trinajstić information content (AvgIpc) is 3.48. The molecule has 0 aliphatic heterocycles. The minimum Gasteiger partial charge on any atom is -0.489 e. The number of aromatic nitrogens is 4. The number of nitrogens with zero attached hydrogens (tertiary/aromatic N) is 5. The van der Waals surface area contributed by atoms with Crippen LogP contribution in [-0.4, -0.2) is 31.8 Å².